The van der Waals surface area contributed by atoms with E-state index < -0.39 is 116 Å². The molecule has 1 radical (unpaired) electrons. The van der Waals surface area contributed by atoms with Crippen LogP contribution in [0, 0.1) is 5.82 Å². The third-order valence-electron chi connectivity index (χ3n) is 5.12. The summed E-state index contributed by atoms with van der Waals surface area (Å²) in [4.78, 5) is 12.0. The summed E-state index contributed by atoms with van der Waals surface area (Å²) < 4.78 is 212. The molecule has 0 amide bonds. The van der Waals surface area contributed by atoms with Gasteiger partial charge in [-0.2, -0.15) is 75.6 Å². The summed E-state index contributed by atoms with van der Waals surface area (Å²) in [5.74, 6) is -8.39. The number of hydrogen-bond acceptors (Lipinski definition) is 3. The Kier molecular flexibility index (Phi) is 8.81. The molecule has 0 fully saturated rings. The van der Waals surface area contributed by atoms with E-state index in [1.54, 1.807) is 0 Å². The zero-order valence-corrected chi connectivity index (χ0v) is 20.2. The second-order valence-electron chi connectivity index (χ2n) is 7.93. The van der Waals surface area contributed by atoms with Crippen molar-refractivity contribution in [2.45, 2.75) is 30.9 Å². The number of ketones is 1. The van der Waals surface area contributed by atoms with Crippen molar-refractivity contribution in [3.63, 3.8) is 0 Å². The number of aromatic hydroxyl groups is 1. The molecule has 0 saturated carbocycles. The standard InChI is InChI=1S/C21H6F16N2O2.Mn/c22-13-10(19(29,30)31)4-9(5-11(13)20(32,33)34)39-16(41)12(15(40)21(35,36)37)14(38-39)6-1-7(17(23,24)25)3-8(2-6)18(26,27)28;/h1-5,41H;. The topological polar surface area (TPSA) is 55.1 Å². The average Bonchev–Trinajstić information content (AvgIpc) is 3.12. The predicted octanol–water partition coefficient (Wildman–Crippen LogP) is 8.20. The number of carbonyl (C=O) groups is 1. The van der Waals surface area contributed by atoms with Crippen LogP contribution in [-0.4, -0.2) is 26.8 Å². The number of carbonyl (C=O) groups excluding carboxylic acids is 1. The molecule has 21 heteroatoms. The minimum atomic E-state index is -6.06. The second kappa shape index (κ2) is 10.7. The number of hydrogen-bond donors (Lipinski definition) is 1. The van der Waals surface area contributed by atoms with Gasteiger partial charge in [0.25, 0.3) is 5.78 Å². The fourth-order valence-corrected chi connectivity index (χ4v) is 3.38. The van der Waals surface area contributed by atoms with E-state index >= 15 is 0 Å². The van der Waals surface area contributed by atoms with E-state index in [0.717, 1.165) is 0 Å². The Morgan fingerprint density at radius 1 is 0.667 bits per heavy atom. The van der Waals surface area contributed by atoms with Gasteiger partial charge in [0.1, 0.15) is 17.1 Å². The van der Waals surface area contributed by atoms with Crippen LogP contribution in [0.1, 0.15) is 32.6 Å². The Balaban J connectivity index is 0.00000616. The molecule has 0 saturated heterocycles. The molecule has 3 rings (SSSR count). The third kappa shape index (κ3) is 6.77. The molecule has 0 aliphatic carbocycles. The summed E-state index contributed by atoms with van der Waals surface area (Å²) >= 11 is 0. The van der Waals surface area contributed by atoms with Crippen molar-refractivity contribution >= 4 is 5.78 Å². The van der Waals surface area contributed by atoms with E-state index in [9.17, 15) is 80.1 Å². The Morgan fingerprint density at radius 2 is 1.07 bits per heavy atom. The normalized spacial score (nSPS) is 13.2. The maximum atomic E-state index is 14.1. The summed E-state index contributed by atoms with van der Waals surface area (Å²) in [5, 5.41) is 13.2. The average molecular weight is 677 g/mol. The fourth-order valence-electron chi connectivity index (χ4n) is 3.38. The van der Waals surface area contributed by atoms with Crippen LogP contribution in [0.2, 0.25) is 0 Å². The smallest absolute Gasteiger partial charge is 0.455 e. The molecular weight excluding hydrogens is 671 g/mol. The minimum Gasteiger partial charge on any atom is -0.493 e. The van der Waals surface area contributed by atoms with Gasteiger partial charge in [0.15, 0.2) is 0 Å². The second-order valence-corrected chi connectivity index (χ2v) is 7.93. The molecule has 0 aliphatic rings. The molecule has 0 aliphatic heterocycles. The van der Waals surface area contributed by atoms with Crippen molar-refractivity contribution in [2.75, 3.05) is 0 Å². The molecule has 1 heterocycles. The summed E-state index contributed by atoms with van der Waals surface area (Å²) in [5.41, 5.74) is -17.2. The van der Waals surface area contributed by atoms with Gasteiger partial charge in [0.2, 0.25) is 5.88 Å². The summed E-state index contributed by atoms with van der Waals surface area (Å²) in [6.07, 6.45) is -29.1. The molecule has 3 aromatic rings. The molecule has 0 bridgehead atoms. The number of nitrogens with zero attached hydrogens (tertiary/aromatic N) is 2. The Hall–Kier alpha value is -3.48. The van der Waals surface area contributed by atoms with Gasteiger partial charge in [-0.3, -0.25) is 4.79 Å². The van der Waals surface area contributed by atoms with Crippen LogP contribution in [0.3, 0.4) is 0 Å². The van der Waals surface area contributed by atoms with Crippen LogP contribution in [0.15, 0.2) is 30.3 Å². The number of halogens is 16. The van der Waals surface area contributed by atoms with E-state index in [-0.39, 0.29) is 29.2 Å². The number of Topliss-reactive ketones (excluding diaryl/α,β-unsaturated/α-hetero) is 1. The molecule has 1 aromatic heterocycles. The summed E-state index contributed by atoms with van der Waals surface area (Å²) in [6.45, 7) is 0. The van der Waals surface area contributed by atoms with Gasteiger partial charge in [-0.25, -0.2) is 4.39 Å². The number of rotatable bonds is 3. The Labute approximate surface area is 231 Å². The van der Waals surface area contributed by atoms with Crippen molar-refractivity contribution < 1.29 is 97.2 Å². The molecule has 42 heavy (non-hydrogen) atoms. The van der Waals surface area contributed by atoms with E-state index in [1.165, 1.54) is 0 Å². The molecule has 1 N–H and O–H groups in total. The van der Waals surface area contributed by atoms with E-state index in [1.807, 2.05) is 0 Å². The number of alkyl halides is 15. The first-order chi connectivity index (χ1) is 18.2. The van der Waals surface area contributed by atoms with Crippen molar-refractivity contribution in [3.8, 4) is 22.8 Å². The van der Waals surface area contributed by atoms with Gasteiger partial charge in [0, 0.05) is 22.6 Å². The zero-order chi connectivity index (χ0) is 31.7. The van der Waals surface area contributed by atoms with Gasteiger partial charge in [-0.1, -0.05) is 0 Å². The quantitative estimate of drug-likeness (QED) is 0.173. The van der Waals surface area contributed by atoms with E-state index in [4.69, 9.17) is 0 Å². The zero-order valence-electron chi connectivity index (χ0n) is 19.1. The molecule has 2 aromatic carbocycles. The SMILES string of the molecule is O=C(c1c(-c2cc(C(F)(F)F)cc(C(F)(F)F)c2)nn(-c2cc(C(F)(F)F)c(F)c(C(F)(F)F)c2)c1O)C(F)(F)F.[Mn]. The van der Waals surface area contributed by atoms with Gasteiger partial charge in [0.05, 0.1) is 27.9 Å². The first kappa shape index (κ1) is 34.7. The molecular formula is C21H6F16MnN2O2. The van der Waals surface area contributed by atoms with Crippen LogP contribution in [0.5, 0.6) is 5.88 Å². The Bertz CT molecular complexity index is 1440. The van der Waals surface area contributed by atoms with Gasteiger partial charge in [-0.15, -0.1) is 0 Å². The minimum absolute atomic E-state index is 0. The van der Waals surface area contributed by atoms with Crippen LogP contribution < -0.4 is 0 Å². The Morgan fingerprint density at radius 3 is 1.40 bits per heavy atom. The van der Waals surface area contributed by atoms with Gasteiger partial charge in [-0.05, 0) is 30.3 Å². The fraction of sp³-hybridized carbons (Fsp3) is 0.238. The molecule has 4 nitrogen and oxygen atoms in total. The first-order valence-electron chi connectivity index (χ1n) is 9.96. The summed E-state index contributed by atoms with van der Waals surface area (Å²) in [7, 11) is 0. The van der Waals surface area contributed by atoms with E-state index in [2.05, 4.69) is 5.10 Å². The van der Waals surface area contributed by atoms with Crippen LogP contribution in [0.25, 0.3) is 16.9 Å². The number of aromatic nitrogens is 2. The van der Waals surface area contributed by atoms with Crippen molar-refractivity contribution in [3.05, 3.63) is 64.0 Å². The van der Waals surface area contributed by atoms with E-state index in [0.29, 0.717) is 0 Å². The van der Waals surface area contributed by atoms with Crippen molar-refractivity contribution in [1.29, 1.82) is 0 Å². The molecule has 0 atom stereocenters. The monoisotopic (exact) mass is 677 g/mol. The predicted molar refractivity (Wildman–Crippen MR) is 101 cm³/mol. The maximum absolute atomic E-state index is 14.1. The van der Waals surface area contributed by atoms with Crippen molar-refractivity contribution in [1.82, 2.24) is 9.78 Å². The number of benzene rings is 2. The largest absolute Gasteiger partial charge is 0.493 e. The first-order valence-corrected chi connectivity index (χ1v) is 9.96. The molecule has 0 spiro atoms. The molecule has 231 valence electrons. The van der Waals surface area contributed by atoms with Crippen LogP contribution in [0.4, 0.5) is 70.2 Å². The third-order valence-corrected chi connectivity index (χ3v) is 5.12. The maximum Gasteiger partial charge on any atom is 0.455 e. The van der Waals surface area contributed by atoms with Gasteiger partial charge < -0.3 is 5.11 Å². The van der Waals surface area contributed by atoms with Gasteiger partial charge >= 0.3 is 30.9 Å². The molecule has 0 unspecified atom stereocenters. The van der Waals surface area contributed by atoms with Crippen molar-refractivity contribution in [2.24, 2.45) is 0 Å². The van der Waals surface area contributed by atoms with Crippen LogP contribution in [-0.2, 0) is 41.8 Å². The van der Waals surface area contributed by atoms with Crippen LogP contribution >= 0.6 is 0 Å². The summed E-state index contributed by atoms with van der Waals surface area (Å²) in [6, 6.07) is -2.09.